The molecule has 0 amide bonds. The first kappa shape index (κ1) is 13.4. The first-order valence-electron chi connectivity index (χ1n) is 6.38. The standard InChI is InChI=1S/C14H19N5/c1-3-19(9-12-4-6-16-7-5-12)10-14-17-11(2)8-13(15)18-14/h4-8H,3,9-10H2,1-2H3,(H2,15,17,18). The van der Waals surface area contributed by atoms with E-state index in [-0.39, 0.29) is 0 Å². The van der Waals surface area contributed by atoms with Gasteiger partial charge < -0.3 is 5.73 Å². The van der Waals surface area contributed by atoms with Crippen molar-refractivity contribution in [3.05, 3.63) is 47.7 Å². The number of hydrogen-bond acceptors (Lipinski definition) is 5. The maximum Gasteiger partial charge on any atom is 0.144 e. The van der Waals surface area contributed by atoms with Crippen LogP contribution in [0.25, 0.3) is 0 Å². The number of hydrogen-bond donors (Lipinski definition) is 1. The molecule has 0 bridgehead atoms. The third-order valence-corrected chi connectivity index (χ3v) is 2.89. The highest BCUT2D eigenvalue weighted by atomic mass is 15.1. The van der Waals surface area contributed by atoms with Crippen LogP contribution < -0.4 is 5.73 Å². The third kappa shape index (κ3) is 3.99. The van der Waals surface area contributed by atoms with Crippen molar-refractivity contribution in [2.45, 2.75) is 26.9 Å². The summed E-state index contributed by atoms with van der Waals surface area (Å²) in [5, 5.41) is 0. The molecule has 19 heavy (non-hydrogen) atoms. The average molecular weight is 257 g/mol. The van der Waals surface area contributed by atoms with Crippen molar-refractivity contribution in [2.24, 2.45) is 0 Å². The van der Waals surface area contributed by atoms with Crippen molar-refractivity contribution in [2.75, 3.05) is 12.3 Å². The van der Waals surface area contributed by atoms with Gasteiger partial charge in [0.25, 0.3) is 0 Å². The van der Waals surface area contributed by atoms with Gasteiger partial charge in [-0.2, -0.15) is 0 Å². The maximum atomic E-state index is 5.75. The van der Waals surface area contributed by atoms with Gasteiger partial charge >= 0.3 is 0 Å². The van der Waals surface area contributed by atoms with E-state index in [1.807, 2.05) is 31.5 Å². The molecule has 2 rings (SSSR count). The second-order valence-corrected chi connectivity index (χ2v) is 4.51. The zero-order valence-electron chi connectivity index (χ0n) is 11.4. The van der Waals surface area contributed by atoms with Crippen LogP contribution in [0.4, 0.5) is 5.82 Å². The van der Waals surface area contributed by atoms with Gasteiger partial charge in [-0.25, -0.2) is 9.97 Å². The van der Waals surface area contributed by atoms with Gasteiger partial charge in [-0.1, -0.05) is 6.92 Å². The Morgan fingerprint density at radius 2 is 1.89 bits per heavy atom. The van der Waals surface area contributed by atoms with E-state index in [1.165, 1.54) is 5.56 Å². The molecule has 5 heteroatoms. The topological polar surface area (TPSA) is 67.9 Å². The molecule has 2 N–H and O–H groups in total. The van der Waals surface area contributed by atoms with Crippen LogP contribution in [-0.4, -0.2) is 26.4 Å². The molecule has 0 saturated carbocycles. The van der Waals surface area contributed by atoms with E-state index in [4.69, 9.17) is 5.73 Å². The number of nitrogen functional groups attached to an aromatic ring is 1. The van der Waals surface area contributed by atoms with Crippen LogP contribution >= 0.6 is 0 Å². The molecule has 0 fully saturated rings. The van der Waals surface area contributed by atoms with Crippen molar-refractivity contribution in [3.8, 4) is 0 Å². The number of aryl methyl sites for hydroxylation is 1. The summed E-state index contributed by atoms with van der Waals surface area (Å²) in [5.41, 5.74) is 7.89. The summed E-state index contributed by atoms with van der Waals surface area (Å²) in [7, 11) is 0. The number of nitrogens with two attached hydrogens (primary N) is 1. The molecular weight excluding hydrogens is 238 g/mol. The van der Waals surface area contributed by atoms with Gasteiger partial charge in [-0.15, -0.1) is 0 Å². The van der Waals surface area contributed by atoms with Crippen LogP contribution in [0.3, 0.4) is 0 Å². The van der Waals surface area contributed by atoms with Crippen molar-refractivity contribution < 1.29 is 0 Å². The van der Waals surface area contributed by atoms with Crippen LogP contribution in [0, 0.1) is 6.92 Å². The van der Waals surface area contributed by atoms with Crippen LogP contribution in [0.5, 0.6) is 0 Å². The Hall–Kier alpha value is -2.01. The highest BCUT2D eigenvalue weighted by molar-refractivity contribution is 5.29. The third-order valence-electron chi connectivity index (χ3n) is 2.89. The summed E-state index contributed by atoms with van der Waals surface area (Å²) in [6.45, 7) is 6.54. The molecule has 100 valence electrons. The van der Waals surface area contributed by atoms with Gasteiger partial charge in [0.1, 0.15) is 11.6 Å². The Balaban J connectivity index is 2.06. The van der Waals surface area contributed by atoms with Crippen LogP contribution in [0.1, 0.15) is 24.0 Å². The van der Waals surface area contributed by atoms with Gasteiger partial charge in [0.2, 0.25) is 0 Å². The highest BCUT2D eigenvalue weighted by Gasteiger charge is 2.08. The van der Waals surface area contributed by atoms with Crippen LogP contribution in [0.2, 0.25) is 0 Å². The number of nitrogens with zero attached hydrogens (tertiary/aromatic N) is 4. The number of aromatic nitrogens is 3. The molecule has 0 saturated heterocycles. The lowest BCUT2D eigenvalue weighted by Crippen LogP contribution is -2.24. The maximum absolute atomic E-state index is 5.75. The molecule has 0 radical (unpaired) electrons. The smallest absolute Gasteiger partial charge is 0.144 e. The predicted octanol–water partition coefficient (Wildman–Crippen LogP) is 1.78. The van der Waals surface area contributed by atoms with Crippen LogP contribution in [0.15, 0.2) is 30.6 Å². The number of rotatable bonds is 5. The molecule has 0 unspecified atom stereocenters. The number of pyridine rings is 1. The Morgan fingerprint density at radius 3 is 2.53 bits per heavy atom. The highest BCUT2D eigenvalue weighted by Crippen LogP contribution is 2.08. The van der Waals surface area contributed by atoms with E-state index in [2.05, 4.69) is 26.8 Å². The fourth-order valence-electron chi connectivity index (χ4n) is 1.95. The summed E-state index contributed by atoms with van der Waals surface area (Å²) in [6, 6.07) is 5.82. The molecule has 0 atom stereocenters. The Labute approximate surface area is 113 Å². The molecule has 0 aliphatic heterocycles. The van der Waals surface area contributed by atoms with Crippen LogP contribution in [-0.2, 0) is 13.1 Å². The van der Waals surface area contributed by atoms with Crippen molar-refractivity contribution in [1.82, 2.24) is 19.9 Å². The molecule has 0 spiro atoms. The van der Waals surface area contributed by atoms with Gasteiger partial charge in [0.05, 0.1) is 6.54 Å². The first-order valence-corrected chi connectivity index (χ1v) is 6.38. The fourth-order valence-corrected chi connectivity index (χ4v) is 1.95. The van der Waals surface area contributed by atoms with E-state index in [9.17, 15) is 0 Å². The normalized spacial score (nSPS) is 10.9. The molecular formula is C14H19N5. The summed E-state index contributed by atoms with van der Waals surface area (Å²) in [4.78, 5) is 15.0. The predicted molar refractivity (Wildman–Crippen MR) is 75.2 cm³/mol. The largest absolute Gasteiger partial charge is 0.384 e. The SMILES string of the molecule is CCN(Cc1ccncc1)Cc1nc(C)cc(N)n1. The van der Waals surface area contributed by atoms with E-state index >= 15 is 0 Å². The molecule has 2 heterocycles. The number of anilines is 1. The minimum atomic E-state index is 0.530. The minimum absolute atomic E-state index is 0.530. The van der Waals surface area contributed by atoms with Crippen molar-refractivity contribution in [1.29, 1.82) is 0 Å². The van der Waals surface area contributed by atoms with Crippen molar-refractivity contribution >= 4 is 5.82 Å². The second kappa shape index (κ2) is 6.24. The molecule has 0 aliphatic carbocycles. The van der Waals surface area contributed by atoms with Crippen molar-refractivity contribution in [3.63, 3.8) is 0 Å². The molecule has 2 aromatic heterocycles. The van der Waals surface area contributed by atoms with Gasteiger partial charge in [-0.3, -0.25) is 9.88 Å². The lowest BCUT2D eigenvalue weighted by Gasteiger charge is -2.19. The molecule has 5 nitrogen and oxygen atoms in total. The summed E-state index contributed by atoms with van der Waals surface area (Å²) in [6.07, 6.45) is 3.62. The summed E-state index contributed by atoms with van der Waals surface area (Å²) in [5.74, 6) is 1.30. The Bertz CT molecular complexity index is 506. The molecule has 0 aromatic carbocycles. The second-order valence-electron chi connectivity index (χ2n) is 4.51. The van der Waals surface area contributed by atoms with Gasteiger partial charge in [0.15, 0.2) is 0 Å². The van der Waals surface area contributed by atoms with E-state index in [0.29, 0.717) is 12.4 Å². The molecule has 2 aromatic rings. The summed E-state index contributed by atoms with van der Waals surface area (Å²) < 4.78 is 0. The Kier molecular flexibility index (Phi) is 4.41. The average Bonchev–Trinajstić information content (AvgIpc) is 2.38. The fraction of sp³-hybridized carbons (Fsp3) is 0.357. The quantitative estimate of drug-likeness (QED) is 0.884. The summed E-state index contributed by atoms with van der Waals surface area (Å²) >= 11 is 0. The van der Waals surface area contributed by atoms with E-state index < -0.39 is 0 Å². The van der Waals surface area contributed by atoms with E-state index in [0.717, 1.165) is 24.6 Å². The Morgan fingerprint density at radius 1 is 1.16 bits per heavy atom. The van der Waals surface area contributed by atoms with E-state index in [1.54, 1.807) is 6.07 Å². The minimum Gasteiger partial charge on any atom is -0.384 e. The van der Waals surface area contributed by atoms with Gasteiger partial charge in [0, 0.05) is 30.7 Å². The lowest BCUT2D eigenvalue weighted by atomic mass is 10.2. The molecule has 0 aliphatic rings. The zero-order chi connectivity index (χ0) is 13.7. The lowest BCUT2D eigenvalue weighted by molar-refractivity contribution is 0.264. The monoisotopic (exact) mass is 257 g/mol. The van der Waals surface area contributed by atoms with Gasteiger partial charge in [-0.05, 0) is 31.2 Å². The zero-order valence-corrected chi connectivity index (χ0v) is 11.4. The first-order chi connectivity index (χ1) is 9.17.